The van der Waals surface area contributed by atoms with Crippen LogP contribution in [0.5, 0.6) is 0 Å². The van der Waals surface area contributed by atoms with E-state index >= 15 is 0 Å². The van der Waals surface area contributed by atoms with Crippen molar-refractivity contribution in [2.75, 3.05) is 19.6 Å². The van der Waals surface area contributed by atoms with Gasteiger partial charge in [-0.1, -0.05) is 19.9 Å². The number of hydrogen-bond donors (Lipinski definition) is 2. The van der Waals surface area contributed by atoms with Gasteiger partial charge in [-0.25, -0.2) is 9.97 Å². The molecule has 5 heterocycles. The minimum absolute atomic E-state index is 0.00840. The molecule has 1 unspecified atom stereocenters. The Bertz CT molecular complexity index is 976. The van der Waals surface area contributed by atoms with Crippen LogP contribution in [0.15, 0.2) is 23.6 Å². The Kier molecular flexibility index (Phi) is 6.62. The Hall–Kier alpha value is -2.32. The van der Waals surface area contributed by atoms with Gasteiger partial charge in [0.1, 0.15) is 5.82 Å². The van der Waals surface area contributed by atoms with E-state index in [-0.39, 0.29) is 18.7 Å². The molecule has 3 fully saturated rings. The highest BCUT2D eigenvalue weighted by molar-refractivity contribution is 7.13. The molecule has 2 aromatic rings. The van der Waals surface area contributed by atoms with E-state index in [1.165, 1.54) is 4.88 Å². The Morgan fingerprint density at radius 1 is 1.31 bits per heavy atom. The molecule has 0 aromatic carbocycles. The number of fused-ring (bicyclic) bond motifs is 3. The van der Waals surface area contributed by atoms with Crippen LogP contribution >= 0.6 is 11.3 Å². The second kappa shape index (κ2) is 9.27. The fourth-order valence-electron chi connectivity index (χ4n) is 5.22. The smallest absolute Gasteiger partial charge is 0.303 e. The molecule has 0 aliphatic carbocycles. The summed E-state index contributed by atoms with van der Waals surface area (Å²) in [6, 6.07) is 6.64. The van der Waals surface area contributed by atoms with Crippen molar-refractivity contribution in [1.82, 2.24) is 20.2 Å². The number of carboxylic acids is 1. The van der Waals surface area contributed by atoms with E-state index in [0.717, 1.165) is 43.1 Å². The van der Waals surface area contributed by atoms with Crippen molar-refractivity contribution in [3.8, 4) is 10.6 Å². The molecule has 3 saturated heterocycles. The third-order valence-corrected chi connectivity index (χ3v) is 7.59. The normalized spacial score (nSPS) is 25.0. The predicted molar refractivity (Wildman–Crippen MR) is 125 cm³/mol. The quantitative estimate of drug-likeness (QED) is 0.629. The standard InChI is InChI=1S/C24H32N4O3S/c1-15-26-19(10-20(27-15)21-5-4-8-32-21)18-14-28-7-6-16(18)9-17(28)13-25-22(29)11-24(2,3)12-23(30)31/h4-5,8,10,16-18H,6-7,9,11-14H2,1-3H3,(H,25,29)(H,30,31)/t16-,17+,18+/m0/s1. The maximum Gasteiger partial charge on any atom is 0.303 e. The van der Waals surface area contributed by atoms with Crippen LogP contribution in [0.4, 0.5) is 0 Å². The lowest BCUT2D eigenvalue weighted by molar-refractivity contribution is -0.139. The number of rotatable bonds is 8. The first-order valence-corrected chi connectivity index (χ1v) is 12.2. The third kappa shape index (κ3) is 5.35. The van der Waals surface area contributed by atoms with E-state index < -0.39 is 11.4 Å². The Balaban J connectivity index is 1.37. The lowest BCUT2D eigenvalue weighted by atomic mass is 9.74. The van der Waals surface area contributed by atoms with Crippen molar-refractivity contribution in [2.24, 2.45) is 11.3 Å². The van der Waals surface area contributed by atoms with Crippen LogP contribution in [-0.4, -0.2) is 57.5 Å². The molecular formula is C24H32N4O3S. The number of thiophene rings is 1. The second-order valence-corrected chi connectivity index (χ2v) is 10.9. The van der Waals surface area contributed by atoms with Gasteiger partial charge in [-0.15, -0.1) is 11.3 Å². The summed E-state index contributed by atoms with van der Waals surface area (Å²) >= 11 is 1.70. The van der Waals surface area contributed by atoms with Gasteiger partial charge in [0.25, 0.3) is 0 Å². The summed E-state index contributed by atoms with van der Waals surface area (Å²) in [5, 5.41) is 14.2. The highest BCUT2D eigenvalue weighted by Crippen LogP contribution is 2.42. The average Bonchev–Trinajstić information content (AvgIpc) is 3.26. The van der Waals surface area contributed by atoms with Crippen LogP contribution < -0.4 is 5.32 Å². The van der Waals surface area contributed by atoms with Crippen molar-refractivity contribution in [3.63, 3.8) is 0 Å². The van der Waals surface area contributed by atoms with Crippen LogP contribution in [0.3, 0.4) is 0 Å². The van der Waals surface area contributed by atoms with Crippen LogP contribution in [0, 0.1) is 18.3 Å². The molecule has 0 spiro atoms. The van der Waals surface area contributed by atoms with Gasteiger partial charge in [-0.05, 0) is 55.2 Å². The summed E-state index contributed by atoms with van der Waals surface area (Å²) in [5.74, 6) is 0.825. The molecule has 3 aliphatic heterocycles. The molecule has 5 rings (SSSR count). The van der Waals surface area contributed by atoms with Crippen molar-refractivity contribution in [3.05, 3.63) is 35.1 Å². The van der Waals surface area contributed by atoms with E-state index in [1.54, 1.807) is 11.3 Å². The zero-order valence-corrected chi connectivity index (χ0v) is 19.8. The average molecular weight is 457 g/mol. The molecule has 2 bridgehead atoms. The van der Waals surface area contributed by atoms with E-state index in [9.17, 15) is 9.59 Å². The lowest BCUT2D eigenvalue weighted by Gasteiger charge is -2.49. The van der Waals surface area contributed by atoms with Gasteiger partial charge in [0.05, 0.1) is 17.0 Å². The number of hydrogen-bond acceptors (Lipinski definition) is 6. The molecule has 172 valence electrons. The molecule has 3 aliphatic rings. The fourth-order valence-corrected chi connectivity index (χ4v) is 5.90. The minimum Gasteiger partial charge on any atom is -0.481 e. The van der Waals surface area contributed by atoms with Crippen molar-refractivity contribution >= 4 is 23.2 Å². The van der Waals surface area contributed by atoms with Gasteiger partial charge in [-0.2, -0.15) is 0 Å². The topological polar surface area (TPSA) is 95.4 Å². The molecule has 2 N–H and O–H groups in total. The number of aliphatic carboxylic acids is 1. The monoisotopic (exact) mass is 456 g/mol. The molecule has 4 atom stereocenters. The molecule has 0 radical (unpaired) electrons. The Morgan fingerprint density at radius 3 is 2.78 bits per heavy atom. The van der Waals surface area contributed by atoms with Crippen molar-refractivity contribution in [2.45, 2.75) is 58.4 Å². The highest BCUT2D eigenvalue weighted by atomic mass is 32.1. The van der Waals surface area contributed by atoms with Crippen LogP contribution in [0.25, 0.3) is 10.6 Å². The van der Waals surface area contributed by atoms with Crippen molar-refractivity contribution in [1.29, 1.82) is 0 Å². The number of carbonyl (C=O) groups is 2. The number of nitrogens with zero attached hydrogens (tertiary/aromatic N) is 3. The maximum atomic E-state index is 12.4. The van der Waals surface area contributed by atoms with Gasteiger partial charge in [0.15, 0.2) is 0 Å². The molecule has 2 aromatic heterocycles. The number of amides is 1. The maximum absolute atomic E-state index is 12.4. The first-order valence-electron chi connectivity index (χ1n) is 11.3. The van der Waals surface area contributed by atoms with Crippen molar-refractivity contribution < 1.29 is 14.7 Å². The molecule has 8 heteroatoms. The SMILES string of the molecule is Cc1nc(-c2cccs2)cc([C@@H]2CN3CC[C@H]2C[C@@H]3CNC(=O)CC(C)(C)CC(=O)O)n1. The number of aromatic nitrogens is 2. The summed E-state index contributed by atoms with van der Waals surface area (Å²) in [6.45, 7) is 8.24. The number of nitrogens with one attached hydrogen (secondary N) is 1. The van der Waals surface area contributed by atoms with E-state index in [1.807, 2.05) is 26.8 Å². The number of carbonyl (C=O) groups excluding carboxylic acids is 1. The van der Waals surface area contributed by atoms with Gasteiger partial charge < -0.3 is 10.4 Å². The highest BCUT2D eigenvalue weighted by Gasteiger charge is 2.41. The number of piperidine rings is 3. The molecular weight excluding hydrogens is 424 g/mol. The van der Waals surface area contributed by atoms with Gasteiger partial charge >= 0.3 is 5.97 Å². The van der Waals surface area contributed by atoms with Gasteiger partial charge in [0, 0.05) is 37.2 Å². The van der Waals surface area contributed by atoms with E-state index in [0.29, 0.717) is 24.4 Å². The summed E-state index contributed by atoms with van der Waals surface area (Å²) in [4.78, 5) is 36.5. The number of carboxylic acid groups (broad SMARTS) is 1. The first kappa shape index (κ1) is 22.9. The summed E-state index contributed by atoms with van der Waals surface area (Å²) < 4.78 is 0. The summed E-state index contributed by atoms with van der Waals surface area (Å²) in [6.07, 6.45) is 2.41. The second-order valence-electron chi connectivity index (χ2n) is 9.96. The van der Waals surface area contributed by atoms with Gasteiger partial charge in [-0.3, -0.25) is 14.5 Å². The fraction of sp³-hybridized carbons (Fsp3) is 0.583. The molecule has 1 amide bonds. The first-order chi connectivity index (χ1) is 15.2. The Morgan fingerprint density at radius 2 is 2.12 bits per heavy atom. The Labute approximate surface area is 193 Å². The van der Waals surface area contributed by atoms with Crippen LogP contribution in [0.1, 0.15) is 57.0 Å². The summed E-state index contributed by atoms with van der Waals surface area (Å²) in [7, 11) is 0. The predicted octanol–water partition coefficient (Wildman–Crippen LogP) is 3.70. The third-order valence-electron chi connectivity index (χ3n) is 6.69. The lowest BCUT2D eigenvalue weighted by Crippen LogP contribution is -2.56. The zero-order chi connectivity index (χ0) is 22.9. The minimum atomic E-state index is -0.869. The largest absolute Gasteiger partial charge is 0.481 e. The van der Waals surface area contributed by atoms with E-state index in [2.05, 4.69) is 32.7 Å². The van der Waals surface area contributed by atoms with Crippen LogP contribution in [0.2, 0.25) is 0 Å². The zero-order valence-electron chi connectivity index (χ0n) is 19.0. The summed E-state index contributed by atoms with van der Waals surface area (Å²) in [5.41, 5.74) is 1.60. The number of aryl methyl sites for hydroxylation is 1. The molecule has 7 nitrogen and oxygen atoms in total. The van der Waals surface area contributed by atoms with Gasteiger partial charge in [0.2, 0.25) is 5.91 Å². The van der Waals surface area contributed by atoms with Crippen LogP contribution in [-0.2, 0) is 9.59 Å². The molecule has 32 heavy (non-hydrogen) atoms. The molecule has 0 saturated carbocycles. The van der Waals surface area contributed by atoms with E-state index in [4.69, 9.17) is 10.1 Å².